The summed E-state index contributed by atoms with van der Waals surface area (Å²) in [5.74, 6) is -0.605. The van der Waals surface area contributed by atoms with E-state index in [-0.39, 0.29) is 42.8 Å². The Morgan fingerprint density at radius 3 is 2.62 bits per heavy atom. The Bertz CT molecular complexity index is 441. The Morgan fingerprint density at radius 2 is 2.10 bits per heavy atom. The Balaban J connectivity index is 0.00000220. The fourth-order valence-electron chi connectivity index (χ4n) is 2.60. The first-order valence-corrected chi connectivity index (χ1v) is 6.98. The molecular formula is C13H23ClN4O3. The molecular weight excluding hydrogens is 296 g/mol. The number of carbonyl (C=O) groups excluding carboxylic acids is 3. The number of imide groups is 1. The number of carbonyl (C=O) groups is 3. The predicted octanol–water partition coefficient (Wildman–Crippen LogP) is -0.00470. The third kappa shape index (κ3) is 3.65. The highest BCUT2D eigenvalue weighted by molar-refractivity contribution is 6.07. The summed E-state index contributed by atoms with van der Waals surface area (Å²) < 4.78 is 0. The summed E-state index contributed by atoms with van der Waals surface area (Å²) in [6, 6.07) is -0.222. The zero-order chi connectivity index (χ0) is 14.9. The van der Waals surface area contributed by atoms with Gasteiger partial charge in [0, 0.05) is 12.1 Å². The molecule has 0 spiro atoms. The van der Waals surface area contributed by atoms with Gasteiger partial charge >= 0.3 is 6.03 Å². The smallest absolute Gasteiger partial charge is 0.325 e. The number of hydrogen-bond donors (Lipinski definition) is 3. The molecule has 2 aliphatic rings. The van der Waals surface area contributed by atoms with Crippen LogP contribution in [0, 0.1) is 0 Å². The molecule has 4 amide bonds. The first kappa shape index (κ1) is 17.7. The van der Waals surface area contributed by atoms with Gasteiger partial charge in [-0.05, 0) is 40.2 Å². The van der Waals surface area contributed by atoms with Crippen molar-refractivity contribution < 1.29 is 14.4 Å². The lowest BCUT2D eigenvalue weighted by molar-refractivity contribution is -0.127. The van der Waals surface area contributed by atoms with Crippen LogP contribution in [0.1, 0.15) is 33.6 Å². The Morgan fingerprint density at radius 1 is 1.43 bits per heavy atom. The lowest BCUT2D eigenvalue weighted by Crippen LogP contribution is -2.55. The van der Waals surface area contributed by atoms with E-state index >= 15 is 0 Å². The van der Waals surface area contributed by atoms with Gasteiger partial charge in [-0.3, -0.25) is 14.9 Å². The second-order valence-corrected chi connectivity index (χ2v) is 5.96. The first-order valence-electron chi connectivity index (χ1n) is 6.98. The Kier molecular flexibility index (Phi) is 5.58. The third-order valence-corrected chi connectivity index (χ3v) is 4.11. The second-order valence-electron chi connectivity index (χ2n) is 5.96. The zero-order valence-corrected chi connectivity index (χ0v) is 13.4. The van der Waals surface area contributed by atoms with E-state index in [0.29, 0.717) is 0 Å². The number of halogens is 1. The summed E-state index contributed by atoms with van der Waals surface area (Å²) >= 11 is 0. The average Bonchev–Trinajstić information content (AvgIpc) is 2.55. The summed E-state index contributed by atoms with van der Waals surface area (Å²) in [6.07, 6.45) is 1.94. The lowest BCUT2D eigenvalue weighted by Gasteiger charge is -2.32. The van der Waals surface area contributed by atoms with Crippen LogP contribution in [-0.4, -0.2) is 53.5 Å². The number of amides is 4. The maximum Gasteiger partial charge on any atom is 0.325 e. The molecule has 2 aliphatic heterocycles. The molecule has 2 rings (SSSR count). The molecule has 0 bridgehead atoms. The summed E-state index contributed by atoms with van der Waals surface area (Å²) in [7, 11) is 0. The number of piperidine rings is 1. The minimum Gasteiger partial charge on any atom is -0.350 e. The van der Waals surface area contributed by atoms with Crippen LogP contribution >= 0.6 is 12.4 Å². The highest BCUT2D eigenvalue weighted by Crippen LogP contribution is 2.20. The van der Waals surface area contributed by atoms with Crippen molar-refractivity contribution in [3.8, 4) is 0 Å². The van der Waals surface area contributed by atoms with Gasteiger partial charge in [0.2, 0.25) is 5.91 Å². The summed E-state index contributed by atoms with van der Waals surface area (Å²) in [5, 5.41) is 8.47. The quantitative estimate of drug-likeness (QED) is 0.639. The van der Waals surface area contributed by atoms with E-state index in [9.17, 15) is 14.4 Å². The Hall–Kier alpha value is -1.34. The van der Waals surface area contributed by atoms with Crippen LogP contribution in [0.2, 0.25) is 0 Å². The Labute approximate surface area is 130 Å². The summed E-state index contributed by atoms with van der Waals surface area (Å²) in [4.78, 5) is 36.7. The predicted molar refractivity (Wildman–Crippen MR) is 80.2 cm³/mol. The van der Waals surface area contributed by atoms with E-state index in [1.807, 2.05) is 6.92 Å². The molecule has 0 aliphatic carbocycles. The van der Waals surface area contributed by atoms with Gasteiger partial charge in [0.25, 0.3) is 5.91 Å². The van der Waals surface area contributed by atoms with Crippen molar-refractivity contribution >= 4 is 30.3 Å². The van der Waals surface area contributed by atoms with Gasteiger partial charge in [0.1, 0.15) is 12.1 Å². The van der Waals surface area contributed by atoms with E-state index in [2.05, 4.69) is 16.0 Å². The number of rotatable bonds is 3. The van der Waals surface area contributed by atoms with E-state index < -0.39 is 11.6 Å². The number of nitrogens with zero attached hydrogens (tertiary/aromatic N) is 1. The highest BCUT2D eigenvalue weighted by Gasteiger charge is 2.46. The van der Waals surface area contributed by atoms with Gasteiger partial charge < -0.3 is 15.5 Å². The maximum absolute atomic E-state index is 12.1. The topological polar surface area (TPSA) is 90.5 Å². The van der Waals surface area contributed by atoms with Crippen molar-refractivity contribution in [2.24, 2.45) is 0 Å². The molecule has 8 heteroatoms. The first-order chi connectivity index (χ1) is 9.32. The van der Waals surface area contributed by atoms with Crippen molar-refractivity contribution in [2.75, 3.05) is 13.1 Å². The molecule has 0 saturated carbocycles. The molecule has 2 unspecified atom stereocenters. The molecule has 0 aromatic rings. The molecule has 2 fully saturated rings. The van der Waals surface area contributed by atoms with Crippen molar-refractivity contribution in [1.29, 1.82) is 0 Å². The molecule has 21 heavy (non-hydrogen) atoms. The molecule has 0 radical (unpaired) electrons. The fraction of sp³-hybridized carbons (Fsp3) is 0.769. The van der Waals surface area contributed by atoms with Crippen LogP contribution in [0.5, 0.6) is 0 Å². The van der Waals surface area contributed by atoms with Crippen molar-refractivity contribution in [2.45, 2.75) is 51.2 Å². The molecule has 120 valence electrons. The van der Waals surface area contributed by atoms with Gasteiger partial charge in [-0.25, -0.2) is 4.79 Å². The largest absolute Gasteiger partial charge is 0.350 e. The van der Waals surface area contributed by atoms with Crippen LogP contribution < -0.4 is 16.0 Å². The monoisotopic (exact) mass is 318 g/mol. The molecule has 2 atom stereocenters. The van der Waals surface area contributed by atoms with E-state index in [4.69, 9.17) is 0 Å². The van der Waals surface area contributed by atoms with E-state index in [0.717, 1.165) is 19.4 Å². The molecule has 7 nitrogen and oxygen atoms in total. The van der Waals surface area contributed by atoms with Gasteiger partial charge in [0.15, 0.2) is 0 Å². The standard InChI is InChI=1S/C13H22N4O3.ClH/c1-8-9(5-4-6-14-8)15-10(18)7-17-12(20)16-11(19)13(17,2)3;/h8-9,14H,4-7H2,1-3H3,(H,15,18)(H,16,19,20);1H. The van der Waals surface area contributed by atoms with Gasteiger partial charge in [0.05, 0.1) is 0 Å². The summed E-state index contributed by atoms with van der Waals surface area (Å²) in [6.45, 7) is 6.15. The minimum atomic E-state index is -0.981. The second kappa shape index (κ2) is 6.62. The number of hydrogen-bond acceptors (Lipinski definition) is 4. The molecule has 2 heterocycles. The van der Waals surface area contributed by atoms with Crippen LogP contribution in [0.4, 0.5) is 4.79 Å². The molecule has 0 aromatic carbocycles. The van der Waals surface area contributed by atoms with E-state index in [1.54, 1.807) is 13.8 Å². The normalized spacial score (nSPS) is 27.9. The average molecular weight is 319 g/mol. The minimum absolute atomic E-state index is 0. The van der Waals surface area contributed by atoms with Crippen molar-refractivity contribution in [3.63, 3.8) is 0 Å². The highest BCUT2D eigenvalue weighted by atomic mass is 35.5. The maximum atomic E-state index is 12.1. The summed E-state index contributed by atoms with van der Waals surface area (Å²) in [5.41, 5.74) is -0.981. The fourth-order valence-corrected chi connectivity index (χ4v) is 2.60. The van der Waals surface area contributed by atoms with Crippen LogP contribution in [0.15, 0.2) is 0 Å². The third-order valence-electron chi connectivity index (χ3n) is 4.11. The SMILES string of the molecule is CC1NCCCC1NC(=O)CN1C(=O)NC(=O)C1(C)C.Cl. The lowest BCUT2D eigenvalue weighted by atomic mass is 10.00. The zero-order valence-electron chi connectivity index (χ0n) is 12.6. The molecule has 3 N–H and O–H groups in total. The van der Waals surface area contributed by atoms with Gasteiger partial charge in [-0.1, -0.05) is 0 Å². The van der Waals surface area contributed by atoms with E-state index in [1.165, 1.54) is 4.90 Å². The van der Waals surface area contributed by atoms with Crippen LogP contribution in [0.3, 0.4) is 0 Å². The van der Waals surface area contributed by atoms with Gasteiger partial charge in [-0.15, -0.1) is 12.4 Å². The van der Waals surface area contributed by atoms with Crippen LogP contribution in [-0.2, 0) is 9.59 Å². The van der Waals surface area contributed by atoms with Crippen LogP contribution in [0.25, 0.3) is 0 Å². The van der Waals surface area contributed by atoms with Crippen molar-refractivity contribution in [1.82, 2.24) is 20.9 Å². The molecule has 0 aromatic heterocycles. The van der Waals surface area contributed by atoms with Crippen molar-refractivity contribution in [3.05, 3.63) is 0 Å². The van der Waals surface area contributed by atoms with Gasteiger partial charge in [-0.2, -0.15) is 0 Å². The molecule has 2 saturated heterocycles. The number of nitrogens with one attached hydrogen (secondary N) is 3. The number of urea groups is 1.